The number of halogens is 1. The molecule has 0 aliphatic heterocycles. The lowest BCUT2D eigenvalue weighted by molar-refractivity contribution is 0.300. The van der Waals surface area contributed by atoms with Crippen molar-refractivity contribution in [2.45, 2.75) is 26.5 Å². The van der Waals surface area contributed by atoms with Crippen LogP contribution in [-0.4, -0.2) is 0 Å². The van der Waals surface area contributed by atoms with E-state index in [1.807, 2.05) is 38.1 Å². The van der Waals surface area contributed by atoms with Gasteiger partial charge in [0.25, 0.3) is 0 Å². The fourth-order valence-electron chi connectivity index (χ4n) is 2.09. The van der Waals surface area contributed by atoms with Crippen LogP contribution >= 0.6 is 0 Å². The van der Waals surface area contributed by atoms with E-state index >= 15 is 0 Å². The molecule has 21 heavy (non-hydrogen) atoms. The highest BCUT2D eigenvalue weighted by Gasteiger charge is 2.10. The minimum atomic E-state index is -0.385. The van der Waals surface area contributed by atoms with Crippen LogP contribution < -0.4 is 10.5 Å². The van der Waals surface area contributed by atoms with E-state index in [0.717, 1.165) is 11.1 Å². The minimum Gasteiger partial charge on any atom is -0.489 e. The van der Waals surface area contributed by atoms with Crippen LogP contribution in [0.2, 0.25) is 0 Å². The molecule has 0 bridgehead atoms. The molecule has 0 spiro atoms. The lowest BCUT2D eigenvalue weighted by Gasteiger charge is -2.15. The highest BCUT2D eigenvalue weighted by molar-refractivity contribution is 5.41. The normalized spacial score (nSPS) is 11.8. The Kier molecular flexibility index (Phi) is 4.56. The van der Waals surface area contributed by atoms with Crippen LogP contribution in [0.4, 0.5) is 4.39 Å². The van der Waals surface area contributed by atoms with Gasteiger partial charge >= 0.3 is 0 Å². The van der Waals surface area contributed by atoms with Crippen molar-refractivity contribution in [1.82, 2.24) is 0 Å². The van der Waals surface area contributed by atoms with Crippen molar-refractivity contribution in [3.8, 4) is 11.8 Å². The van der Waals surface area contributed by atoms with Crippen molar-refractivity contribution in [2.75, 3.05) is 0 Å². The molecule has 2 aromatic rings. The van der Waals surface area contributed by atoms with E-state index in [1.165, 1.54) is 18.2 Å². The molecule has 0 aromatic heterocycles. The standard InChI is InChI=1S/C17H17FN2O/c1-11-3-6-16(12(2)20)17(7-11)21-10-14-8-15(18)5-4-13(14)9-19/h3-8,12H,10,20H2,1-2H3/t12-/m0/s1. The zero-order valence-electron chi connectivity index (χ0n) is 12.1. The van der Waals surface area contributed by atoms with Gasteiger partial charge in [-0.05, 0) is 43.7 Å². The fraction of sp³-hybridized carbons (Fsp3) is 0.235. The van der Waals surface area contributed by atoms with E-state index in [4.69, 9.17) is 15.7 Å². The molecule has 0 saturated heterocycles. The molecule has 3 nitrogen and oxygen atoms in total. The highest BCUT2D eigenvalue weighted by Crippen LogP contribution is 2.26. The fourth-order valence-corrected chi connectivity index (χ4v) is 2.09. The number of hydrogen-bond donors (Lipinski definition) is 1. The molecule has 0 aliphatic rings. The predicted molar refractivity (Wildman–Crippen MR) is 79.2 cm³/mol. The average molecular weight is 284 g/mol. The van der Waals surface area contributed by atoms with E-state index in [9.17, 15) is 4.39 Å². The van der Waals surface area contributed by atoms with Crippen molar-refractivity contribution in [3.63, 3.8) is 0 Å². The number of aryl methyl sites for hydroxylation is 1. The Bertz CT molecular complexity index is 690. The first kappa shape index (κ1) is 15.0. The van der Waals surface area contributed by atoms with E-state index in [1.54, 1.807) is 0 Å². The predicted octanol–water partition coefficient (Wildman–Crippen LogP) is 3.60. The Morgan fingerprint density at radius 1 is 1.29 bits per heavy atom. The molecule has 0 fully saturated rings. The van der Waals surface area contributed by atoms with Crippen LogP contribution in [0.15, 0.2) is 36.4 Å². The maximum Gasteiger partial charge on any atom is 0.124 e. The zero-order chi connectivity index (χ0) is 15.4. The van der Waals surface area contributed by atoms with Crippen LogP contribution in [0, 0.1) is 24.1 Å². The van der Waals surface area contributed by atoms with Crippen molar-refractivity contribution in [2.24, 2.45) is 5.73 Å². The molecule has 2 aromatic carbocycles. The number of nitrogens with zero attached hydrogens (tertiary/aromatic N) is 1. The largest absolute Gasteiger partial charge is 0.489 e. The SMILES string of the molecule is Cc1ccc([C@H](C)N)c(OCc2cc(F)ccc2C#N)c1. The minimum absolute atomic E-state index is 0.129. The number of ether oxygens (including phenoxy) is 1. The van der Waals surface area contributed by atoms with Gasteiger partial charge in [-0.2, -0.15) is 5.26 Å². The maximum absolute atomic E-state index is 13.3. The Labute approximate surface area is 123 Å². The molecular weight excluding hydrogens is 267 g/mol. The lowest BCUT2D eigenvalue weighted by Crippen LogP contribution is -2.09. The molecule has 0 aliphatic carbocycles. The highest BCUT2D eigenvalue weighted by atomic mass is 19.1. The van der Waals surface area contributed by atoms with Gasteiger partial charge in [-0.15, -0.1) is 0 Å². The Balaban J connectivity index is 2.26. The first-order valence-electron chi connectivity index (χ1n) is 6.68. The molecule has 0 unspecified atom stereocenters. The molecular formula is C17H17FN2O. The third-order valence-electron chi connectivity index (χ3n) is 3.23. The van der Waals surface area contributed by atoms with Crippen LogP contribution in [0.3, 0.4) is 0 Å². The van der Waals surface area contributed by atoms with Crippen molar-refractivity contribution in [1.29, 1.82) is 5.26 Å². The summed E-state index contributed by atoms with van der Waals surface area (Å²) in [5.74, 6) is 0.280. The second kappa shape index (κ2) is 6.38. The van der Waals surface area contributed by atoms with Gasteiger partial charge in [0.05, 0.1) is 11.6 Å². The third-order valence-corrected chi connectivity index (χ3v) is 3.23. The second-order valence-electron chi connectivity index (χ2n) is 5.03. The van der Waals surface area contributed by atoms with Gasteiger partial charge in [-0.3, -0.25) is 0 Å². The quantitative estimate of drug-likeness (QED) is 0.933. The topological polar surface area (TPSA) is 59.0 Å². The Morgan fingerprint density at radius 3 is 2.71 bits per heavy atom. The molecule has 1 atom stereocenters. The summed E-state index contributed by atoms with van der Waals surface area (Å²) in [6.45, 7) is 3.96. The summed E-state index contributed by atoms with van der Waals surface area (Å²) >= 11 is 0. The van der Waals surface area contributed by atoms with Gasteiger partial charge in [-0.25, -0.2) is 4.39 Å². The van der Waals surface area contributed by atoms with E-state index in [-0.39, 0.29) is 18.5 Å². The van der Waals surface area contributed by atoms with E-state index in [0.29, 0.717) is 16.9 Å². The summed E-state index contributed by atoms with van der Waals surface area (Å²) in [5.41, 5.74) is 8.79. The van der Waals surface area contributed by atoms with Gasteiger partial charge in [0, 0.05) is 17.2 Å². The Hall–Kier alpha value is -2.38. The first-order valence-corrected chi connectivity index (χ1v) is 6.68. The molecule has 4 heteroatoms. The van der Waals surface area contributed by atoms with Gasteiger partial charge in [0.1, 0.15) is 18.2 Å². The van der Waals surface area contributed by atoms with Crippen LogP contribution in [0.1, 0.15) is 35.2 Å². The van der Waals surface area contributed by atoms with Gasteiger partial charge < -0.3 is 10.5 Å². The number of benzene rings is 2. The van der Waals surface area contributed by atoms with Crippen LogP contribution in [0.25, 0.3) is 0 Å². The smallest absolute Gasteiger partial charge is 0.124 e. The summed E-state index contributed by atoms with van der Waals surface area (Å²) in [6.07, 6.45) is 0. The molecule has 0 radical (unpaired) electrons. The molecule has 108 valence electrons. The number of nitriles is 1. The summed E-state index contributed by atoms with van der Waals surface area (Å²) < 4.78 is 19.1. The summed E-state index contributed by atoms with van der Waals surface area (Å²) in [5, 5.41) is 9.05. The molecule has 0 amide bonds. The number of nitrogens with two attached hydrogens (primary N) is 1. The molecule has 2 rings (SSSR count). The van der Waals surface area contributed by atoms with E-state index < -0.39 is 0 Å². The van der Waals surface area contributed by atoms with Crippen LogP contribution in [-0.2, 0) is 6.61 Å². The first-order chi connectivity index (χ1) is 10.0. The molecule has 0 heterocycles. The van der Waals surface area contributed by atoms with Crippen molar-refractivity contribution < 1.29 is 9.13 Å². The van der Waals surface area contributed by atoms with Crippen molar-refractivity contribution in [3.05, 3.63) is 64.5 Å². The third kappa shape index (κ3) is 3.59. The monoisotopic (exact) mass is 284 g/mol. The number of hydrogen-bond acceptors (Lipinski definition) is 3. The Morgan fingerprint density at radius 2 is 2.05 bits per heavy atom. The average Bonchev–Trinajstić information content (AvgIpc) is 2.45. The number of rotatable bonds is 4. The van der Waals surface area contributed by atoms with E-state index in [2.05, 4.69) is 0 Å². The maximum atomic E-state index is 13.3. The molecule has 2 N–H and O–H groups in total. The summed E-state index contributed by atoms with van der Waals surface area (Å²) in [6, 6.07) is 11.7. The summed E-state index contributed by atoms with van der Waals surface area (Å²) in [7, 11) is 0. The lowest BCUT2D eigenvalue weighted by atomic mass is 10.1. The summed E-state index contributed by atoms with van der Waals surface area (Å²) in [4.78, 5) is 0. The van der Waals surface area contributed by atoms with Gasteiger partial charge in [0.15, 0.2) is 0 Å². The second-order valence-corrected chi connectivity index (χ2v) is 5.03. The van der Waals surface area contributed by atoms with Gasteiger partial charge in [0.2, 0.25) is 0 Å². The zero-order valence-corrected chi connectivity index (χ0v) is 12.1. The molecule has 0 saturated carbocycles. The van der Waals surface area contributed by atoms with Gasteiger partial charge in [-0.1, -0.05) is 12.1 Å². The van der Waals surface area contributed by atoms with Crippen molar-refractivity contribution >= 4 is 0 Å². The van der Waals surface area contributed by atoms with Crippen LogP contribution in [0.5, 0.6) is 5.75 Å².